The lowest BCUT2D eigenvalue weighted by molar-refractivity contribution is 0.320. The third-order valence-electron chi connectivity index (χ3n) is 2.56. The van der Waals surface area contributed by atoms with Gasteiger partial charge in [0.1, 0.15) is 5.82 Å². The molecule has 0 spiro atoms. The summed E-state index contributed by atoms with van der Waals surface area (Å²) in [6.07, 6.45) is 0. The van der Waals surface area contributed by atoms with Crippen molar-refractivity contribution in [3.63, 3.8) is 0 Å². The Balaban J connectivity index is 2.68. The molecular weight excluding hydrogens is 310 g/mol. The van der Waals surface area contributed by atoms with Gasteiger partial charge in [0.25, 0.3) is 5.56 Å². The molecule has 0 N–H and O–H groups in total. The second kappa shape index (κ2) is 5.52. The third kappa shape index (κ3) is 2.84. The minimum Gasteiger partial charge on any atom is -0.480 e. The zero-order chi connectivity index (χ0) is 14.0. The van der Waals surface area contributed by atoms with Crippen LogP contribution < -0.4 is 5.56 Å². The van der Waals surface area contributed by atoms with Crippen LogP contribution in [0.4, 0.5) is 0 Å². The Kier molecular flexibility index (Phi) is 3.99. The zero-order valence-corrected chi connectivity index (χ0v) is 12.6. The van der Waals surface area contributed by atoms with Crippen LogP contribution in [0, 0.1) is 6.92 Å². The predicted molar refractivity (Wildman–Crippen MR) is 78.6 cm³/mol. The average molecular weight is 324 g/mol. The van der Waals surface area contributed by atoms with Gasteiger partial charge in [0.15, 0.2) is 0 Å². The largest absolute Gasteiger partial charge is 0.480 e. The van der Waals surface area contributed by atoms with Crippen LogP contribution in [0.1, 0.15) is 19.7 Å². The molecule has 2 rings (SSSR count). The van der Waals surface area contributed by atoms with Gasteiger partial charge in [-0.2, -0.15) is 4.68 Å². The van der Waals surface area contributed by atoms with Crippen molar-refractivity contribution in [2.45, 2.75) is 20.8 Å². The van der Waals surface area contributed by atoms with Gasteiger partial charge in [-0.05, 0) is 32.0 Å². The summed E-state index contributed by atoms with van der Waals surface area (Å²) < 4.78 is 7.34. The first-order chi connectivity index (χ1) is 9.02. The monoisotopic (exact) mass is 323 g/mol. The van der Waals surface area contributed by atoms with Crippen LogP contribution in [-0.4, -0.2) is 22.2 Å². The summed E-state index contributed by atoms with van der Waals surface area (Å²) in [6, 6.07) is 5.40. The smallest absolute Gasteiger partial charge is 0.282 e. The minimum absolute atomic E-state index is 0.206. The van der Waals surface area contributed by atoms with Crippen LogP contribution in [0.25, 0.3) is 10.9 Å². The predicted octanol–water partition coefficient (Wildman–Crippen LogP) is 2.69. The van der Waals surface area contributed by atoms with Crippen molar-refractivity contribution in [3.05, 3.63) is 38.9 Å². The van der Waals surface area contributed by atoms with E-state index in [1.165, 1.54) is 4.68 Å². The Hall–Kier alpha value is -1.69. The highest BCUT2D eigenvalue weighted by molar-refractivity contribution is 9.10. The number of aryl methyl sites for hydroxylation is 1. The number of aromatic nitrogens is 2. The van der Waals surface area contributed by atoms with Gasteiger partial charge in [-0.1, -0.05) is 15.9 Å². The van der Waals surface area contributed by atoms with Gasteiger partial charge in [0.05, 0.1) is 17.5 Å². The number of rotatable bonds is 2. The first-order valence-corrected chi connectivity index (χ1v) is 6.69. The molecule has 0 aliphatic rings. The molecule has 1 aromatic carbocycles. The highest BCUT2D eigenvalue weighted by atomic mass is 79.9. The van der Waals surface area contributed by atoms with E-state index >= 15 is 0 Å². The number of fused-ring (bicyclic) bond motifs is 1. The summed E-state index contributed by atoms with van der Waals surface area (Å²) in [4.78, 5) is 16.8. The molecule has 0 saturated heterocycles. The average Bonchev–Trinajstić information content (AvgIpc) is 2.36. The molecule has 0 bridgehead atoms. The second-order valence-corrected chi connectivity index (χ2v) is 4.91. The van der Waals surface area contributed by atoms with Gasteiger partial charge in [0, 0.05) is 11.4 Å². The Morgan fingerprint density at radius 3 is 2.95 bits per heavy atom. The summed E-state index contributed by atoms with van der Waals surface area (Å²) in [7, 11) is 0. The molecule has 0 saturated carbocycles. The van der Waals surface area contributed by atoms with Crippen LogP contribution >= 0.6 is 15.9 Å². The first kappa shape index (κ1) is 13.7. The van der Waals surface area contributed by atoms with Crippen LogP contribution in [-0.2, 0) is 4.74 Å². The second-order valence-electron chi connectivity index (χ2n) is 3.99. The molecule has 0 unspecified atom stereocenters. The molecule has 19 heavy (non-hydrogen) atoms. The molecule has 0 radical (unpaired) electrons. The van der Waals surface area contributed by atoms with Crippen LogP contribution in [0.5, 0.6) is 0 Å². The van der Waals surface area contributed by atoms with Crippen molar-refractivity contribution >= 4 is 32.7 Å². The number of hydrogen-bond acceptors (Lipinski definition) is 4. The van der Waals surface area contributed by atoms with Gasteiger partial charge < -0.3 is 4.74 Å². The molecule has 0 amide bonds. The van der Waals surface area contributed by atoms with E-state index in [-0.39, 0.29) is 5.56 Å². The van der Waals surface area contributed by atoms with E-state index in [4.69, 9.17) is 4.74 Å². The fourth-order valence-corrected chi connectivity index (χ4v) is 2.12. The van der Waals surface area contributed by atoms with E-state index in [0.29, 0.717) is 29.2 Å². The lowest BCUT2D eigenvalue weighted by atomic mass is 10.2. The van der Waals surface area contributed by atoms with E-state index in [2.05, 4.69) is 26.0 Å². The van der Waals surface area contributed by atoms with Crippen molar-refractivity contribution in [3.8, 4) is 0 Å². The summed E-state index contributed by atoms with van der Waals surface area (Å²) in [6.45, 7) is 5.83. The number of ether oxygens (including phenoxy) is 1. The fourth-order valence-electron chi connectivity index (χ4n) is 1.76. The number of nitrogens with zero attached hydrogens (tertiary/aromatic N) is 3. The number of hydrogen-bond donors (Lipinski definition) is 0. The van der Waals surface area contributed by atoms with Crippen molar-refractivity contribution < 1.29 is 4.74 Å². The summed E-state index contributed by atoms with van der Waals surface area (Å²) in [5.41, 5.74) is 0.453. The van der Waals surface area contributed by atoms with Crippen molar-refractivity contribution in [2.75, 3.05) is 6.61 Å². The van der Waals surface area contributed by atoms with E-state index in [0.717, 1.165) is 4.47 Å². The van der Waals surface area contributed by atoms with Gasteiger partial charge in [-0.15, -0.1) is 5.10 Å². The lowest BCUT2D eigenvalue weighted by Crippen LogP contribution is -2.22. The summed E-state index contributed by atoms with van der Waals surface area (Å²) in [5.74, 6) is 0.961. The topological polar surface area (TPSA) is 56.5 Å². The Bertz CT molecular complexity index is 707. The molecule has 2 aromatic rings. The SMILES string of the molecule is CCO/C(C)=N/n1c(C)nc2ccc(Br)cc2c1=O. The van der Waals surface area contributed by atoms with E-state index in [1.807, 2.05) is 13.0 Å². The van der Waals surface area contributed by atoms with Crippen LogP contribution in [0.2, 0.25) is 0 Å². The quantitative estimate of drug-likeness (QED) is 0.630. The highest BCUT2D eigenvalue weighted by Crippen LogP contribution is 2.15. The molecular formula is C13H14BrN3O2. The van der Waals surface area contributed by atoms with Gasteiger partial charge in [0.2, 0.25) is 5.90 Å². The van der Waals surface area contributed by atoms with Gasteiger partial charge >= 0.3 is 0 Å². The third-order valence-corrected chi connectivity index (χ3v) is 3.06. The molecule has 1 aromatic heterocycles. The first-order valence-electron chi connectivity index (χ1n) is 5.90. The molecule has 0 aliphatic carbocycles. The van der Waals surface area contributed by atoms with Crippen molar-refractivity contribution in [2.24, 2.45) is 5.10 Å². The van der Waals surface area contributed by atoms with Crippen LogP contribution in [0.15, 0.2) is 32.6 Å². The van der Waals surface area contributed by atoms with Gasteiger partial charge in [-0.25, -0.2) is 4.98 Å². The Morgan fingerprint density at radius 2 is 2.26 bits per heavy atom. The van der Waals surface area contributed by atoms with Crippen molar-refractivity contribution in [1.29, 1.82) is 0 Å². The minimum atomic E-state index is -0.206. The van der Waals surface area contributed by atoms with Crippen molar-refractivity contribution in [1.82, 2.24) is 9.66 Å². The van der Waals surface area contributed by atoms with Crippen LogP contribution in [0.3, 0.4) is 0 Å². The lowest BCUT2D eigenvalue weighted by Gasteiger charge is -2.07. The highest BCUT2D eigenvalue weighted by Gasteiger charge is 2.08. The maximum absolute atomic E-state index is 12.4. The normalized spacial score (nSPS) is 11.9. The molecule has 6 heteroatoms. The number of halogens is 1. The maximum Gasteiger partial charge on any atom is 0.282 e. The molecule has 0 aliphatic heterocycles. The standard InChI is InChI=1S/C13H14BrN3O2/c1-4-19-9(3)16-17-8(2)15-12-6-5-10(14)7-11(12)13(17)18/h5-7H,4H2,1-3H3/b16-9+. The zero-order valence-electron chi connectivity index (χ0n) is 11.0. The maximum atomic E-state index is 12.4. The Labute approximate surface area is 119 Å². The Morgan fingerprint density at radius 1 is 1.53 bits per heavy atom. The van der Waals surface area contributed by atoms with E-state index in [1.54, 1.807) is 26.0 Å². The molecule has 0 atom stereocenters. The van der Waals surface area contributed by atoms with Gasteiger partial charge in [-0.3, -0.25) is 4.79 Å². The molecule has 1 heterocycles. The van der Waals surface area contributed by atoms with E-state index < -0.39 is 0 Å². The molecule has 5 nitrogen and oxygen atoms in total. The van der Waals surface area contributed by atoms with E-state index in [9.17, 15) is 4.79 Å². The molecule has 100 valence electrons. The summed E-state index contributed by atoms with van der Waals surface area (Å²) in [5, 5.41) is 4.67. The molecule has 0 fully saturated rings. The fraction of sp³-hybridized carbons (Fsp3) is 0.308. The number of benzene rings is 1. The summed E-state index contributed by atoms with van der Waals surface area (Å²) >= 11 is 3.35.